The third kappa shape index (κ3) is 3.75. The van der Waals surface area contributed by atoms with Gasteiger partial charge in [-0.15, -0.1) is 0 Å². The van der Waals surface area contributed by atoms with Crippen molar-refractivity contribution in [2.45, 2.75) is 25.7 Å². The van der Waals surface area contributed by atoms with Crippen LogP contribution in [0.3, 0.4) is 0 Å². The molecular formula is C23H18Cl2FNO3. The maximum Gasteiger partial charge on any atom is 0.335 e. The fourth-order valence-corrected chi connectivity index (χ4v) is 4.40. The van der Waals surface area contributed by atoms with Crippen LogP contribution in [0.5, 0.6) is 0 Å². The van der Waals surface area contributed by atoms with Gasteiger partial charge in [0, 0.05) is 27.9 Å². The predicted octanol–water partition coefficient (Wildman–Crippen LogP) is 6.12. The number of fused-ring (bicyclic) bond motifs is 1. The van der Waals surface area contributed by atoms with Crippen molar-refractivity contribution in [3.05, 3.63) is 75.1 Å². The normalized spacial score (nSPS) is 16.2. The number of carboxylic acids is 1. The molecule has 1 N–H and O–H groups in total. The zero-order valence-corrected chi connectivity index (χ0v) is 17.4. The molecule has 1 aliphatic carbocycles. The van der Waals surface area contributed by atoms with Crippen LogP contribution in [0, 0.1) is 0 Å². The van der Waals surface area contributed by atoms with Crippen molar-refractivity contribution in [2.24, 2.45) is 0 Å². The Morgan fingerprint density at radius 1 is 1.07 bits per heavy atom. The number of amides is 1. The van der Waals surface area contributed by atoms with Crippen molar-refractivity contribution in [3.63, 3.8) is 0 Å². The molecule has 0 atom stereocenters. The Labute approximate surface area is 183 Å². The second kappa shape index (κ2) is 8.25. The molecule has 2 aromatic rings. The van der Waals surface area contributed by atoms with Gasteiger partial charge < -0.3 is 10.0 Å². The maximum absolute atomic E-state index is 14.3. The number of aryl methyl sites for hydroxylation is 1. The Balaban J connectivity index is 1.72. The zero-order chi connectivity index (χ0) is 21.4. The van der Waals surface area contributed by atoms with Crippen molar-refractivity contribution in [1.29, 1.82) is 0 Å². The molecule has 0 fully saturated rings. The summed E-state index contributed by atoms with van der Waals surface area (Å²) in [6.07, 6.45) is 3.80. The van der Waals surface area contributed by atoms with E-state index < -0.39 is 17.7 Å². The fraction of sp³-hybridized carbons (Fsp3) is 0.217. The summed E-state index contributed by atoms with van der Waals surface area (Å²) in [4.78, 5) is 26.0. The molecule has 0 saturated heterocycles. The molecule has 0 spiro atoms. The maximum atomic E-state index is 14.3. The van der Waals surface area contributed by atoms with Crippen LogP contribution < -0.4 is 4.90 Å². The summed E-state index contributed by atoms with van der Waals surface area (Å²) < 4.78 is 14.3. The summed E-state index contributed by atoms with van der Waals surface area (Å²) in [5.74, 6) is -2.04. The highest BCUT2D eigenvalue weighted by Crippen LogP contribution is 2.37. The van der Waals surface area contributed by atoms with E-state index in [0.717, 1.165) is 24.0 Å². The van der Waals surface area contributed by atoms with Crippen LogP contribution in [0.2, 0.25) is 5.02 Å². The van der Waals surface area contributed by atoms with Crippen LogP contribution in [0.1, 0.15) is 35.2 Å². The smallest absolute Gasteiger partial charge is 0.335 e. The van der Waals surface area contributed by atoms with Gasteiger partial charge in [-0.2, -0.15) is 0 Å². The van der Waals surface area contributed by atoms with Crippen LogP contribution in [-0.2, 0) is 11.2 Å². The molecular weight excluding hydrogens is 428 g/mol. The average molecular weight is 446 g/mol. The van der Waals surface area contributed by atoms with Crippen LogP contribution in [-0.4, -0.2) is 23.5 Å². The zero-order valence-electron chi connectivity index (χ0n) is 15.9. The Morgan fingerprint density at radius 3 is 2.60 bits per heavy atom. The van der Waals surface area contributed by atoms with Crippen LogP contribution >= 0.6 is 23.2 Å². The molecule has 1 amide bonds. The lowest BCUT2D eigenvalue weighted by molar-refractivity contribution is -0.115. The van der Waals surface area contributed by atoms with E-state index in [4.69, 9.17) is 23.2 Å². The standard InChI is InChI=1S/C23H18Cl2FNO3/c24-17-8-6-15(23(29)30)12-16(17)13-7-9-20-14(11-13)3-2-10-27(20)22(28)21-18(25)4-1-5-19(21)26/h5-9,11-12H,1-4,10H2,(H,29,30). The van der Waals surface area contributed by atoms with E-state index in [0.29, 0.717) is 35.7 Å². The van der Waals surface area contributed by atoms with E-state index in [1.54, 1.807) is 23.1 Å². The first-order chi connectivity index (χ1) is 14.4. The van der Waals surface area contributed by atoms with Gasteiger partial charge >= 0.3 is 5.97 Å². The molecule has 2 aliphatic rings. The Bertz CT molecular complexity index is 1120. The van der Waals surface area contributed by atoms with Gasteiger partial charge in [0.05, 0.1) is 11.1 Å². The predicted molar refractivity (Wildman–Crippen MR) is 116 cm³/mol. The van der Waals surface area contributed by atoms with Gasteiger partial charge in [0.2, 0.25) is 0 Å². The number of benzene rings is 2. The second-order valence-electron chi connectivity index (χ2n) is 7.27. The molecule has 1 heterocycles. The lowest BCUT2D eigenvalue weighted by Crippen LogP contribution is -2.37. The third-order valence-electron chi connectivity index (χ3n) is 5.38. The molecule has 0 bridgehead atoms. The van der Waals surface area contributed by atoms with Gasteiger partial charge in [-0.25, -0.2) is 9.18 Å². The quantitative estimate of drug-likeness (QED) is 0.618. The first-order valence-electron chi connectivity index (χ1n) is 9.59. The lowest BCUT2D eigenvalue weighted by Gasteiger charge is -2.31. The van der Waals surface area contributed by atoms with Gasteiger partial charge in [-0.3, -0.25) is 4.79 Å². The monoisotopic (exact) mass is 445 g/mol. The minimum Gasteiger partial charge on any atom is -0.478 e. The van der Waals surface area contributed by atoms with Gasteiger partial charge in [-0.1, -0.05) is 29.3 Å². The Kier molecular flexibility index (Phi) is 5.67. The second-order valence-corrected chi connectivity index (χ2v) is 8.14. The number of allylic oxidation sites excluding steroid dienone is 2. The number of rotatable bonds is 3. The number of carboxylic acid groups (broad SMARTS) is 1. The van der Waals surface area contributed by atoms with Crippen molar-refractivity contribution >= 4 is 40.8 Å². The van der Waals surface area contributed by atoms with Gasteiger partial charge in [-0.05, 0) is 73.2 Å². The van der Waals surface area contributed by atoms with E-state index in [2.05, 4.69) is 0 Å². The minimum absolute atomic E-state index is 0.0583. The van der Waals surface area contributed by atoms with E-state index in [9.17, 15) is 19.1 Å². The number of hydrogen-bond acceptors (Lipinski definition) is 2. The Hall–Kier alpha value is -2.63. The first kappa shape index (κ1) is 20.6. The molecule has 1 aliphatic heterocycles. The van der Waals surface area contributed by atoms with E-state index >= 15 is 0 Å². The molecule has 4 rings (SSSR count). The summed E-state index contributed by atoms with van der Waals surface area (Å²) in [5, 5.41) is 9.95. The molecule has 4 nitrogen and oxygen atoms in total. The lowest BCUT2D eigenvalue weighted by atomic mass is 9.94. The van der Waals surface area contributed by atoms with E-state index in [1.165, 1.54) is 18.2 Å². The number of carbonyl (C=O) groups excluding carboxylic acids is 1. The number of hydrogen-bond donors (Lipinski definition) is 1. The molecule has 0 aromatic heterocycles. The van der Waals surface area contributed by atoms with Crippen LogP contribution in [0.25, 0.3) is 11.1 Å². The highest BCUT2D eigenvalue weighted by Gasteiger charge is 2.30. The fourth-order valence-electron chi connectivity index (χ4n) is 3.89. The number of carbonyl (C=O) groups is 2. The molecule has 154 valence electrons. The van der Waals surface area contributed by atoms with E-state index in [-0.39, 0.29) is 16.2 Å². The molecule has 0 unspecified atom stereocenters. The molecule has 0 radical (unpaired) electrons. The van der Waals surface area contributed by atoms with Crippen molar-refractivity contribution in [3.8, 4) is 11.1 Å². The van der Waals surface area contributed by atoms with Gasteiger partial charge in [0.25, 0.3) is 5.91 Å². The molecule has 2 aromatic carbocycles. The summed E-state index contributed by atoms with van der Waals surface area (Å²) in [5.41, 5.74) is 3.07. The summed E-state index contributed by atoms with van der Waals surface area (Å²) in [6.45, 7) is 0.474. The van der Waals surface area contributed by atoms with Crippen molar-refractivity contribution in [1.82, 2.24) is 0 Å². The van der Waals surface area contributed by atoms with Gasteiger partial charge in [0.15, 0.2) is 0 Å². The Morgan fingerprint density at radius 2 is 1.87 bits per heavy atom. The highest BCUT2D eigenvalue weighted by atomic mass is 35.5. The highest BCUT2D eigenvalue weighted by molar-refractivity contribution is 6.34. The van der Waals surface area contributed by atoms with Crippen LogP contribution in [0.4, 0.5) is 10.1 Å². The third-order valence-corrected chi connectivity index (χ3v) is 6.09. The average Bonchev–Trinajstić information content (AvgIpc) is 2.72. The first-order valence-corrected chi connectivity index (χ1v) is 10.3. The number of anilines is 1. The SMILES string of the molecule is O=C(O)c1ccc(Cl)c(-c2ccc3c(c2)CCCN3C(=O)C2=C(Cl)CCC=C2F)c1. The topological polar surface area (TPSA) is 57.6 Å². The number of halogens is 3. The largest absolute Gasteiger partial charge is 0.478 e. The van der Waals surface area contributed by atoms with E-state index in [1.807, 2.05) is 6.07 Å². The summed E-state index contributed by atoms with van der Waals surface area (Å²) in [7, 11) is 0. The van der Waals surface area contributed by atoms with Gasteiger partial charge in [0.1, 0.15) is 5.83 Å². The summed E-state index contributed by atoms with van der Waals surface area (Å²) in [6, 6.07) is 10.0. The molecule has 0 saturated carbocycles. The molecule has 30 heavy (non-hydrogen) atoms. The van der Waals surface area contributed by atoms with Crippen molar-refractivity contribution < 1.29 is 19.1 Å². The minimum atomic E-state index is -1.03. The van der Waals surface area contributed by atoms with Crippen LogP contribution in [0.15, 0.2) is 58.9 Å². The molecule has 7 heteroatoms. The number of nitrogens with zero attached hydrogens (tertiary/aromatic N) is 1. The van der Waals surface area contributed by atoms with Crippen molar-refractivity contribution in [2.75, 3.05) is 11.4 Å². The summed E-state index contributed by atoms with van der Waals surface area (Å²) >= 11 is 12.5. The number of aromatic carboxylic acids is 1.